The lowest BCUT2D eigenvalue weighted by molar-refractivity contribution is -0.211. The molecular formula is C14H18Cl2O4. The summed E-state index contributed by atoms with van der Waals surface area (Å²) in [5, 5.41) is 10.6. The first kappa shape index (κ1) is 17.2. The number of halogens is 2. The van der Waals surface area contributed by atoms with E-state index in [0.717, 1.165) is 0 Å². The Morgan fingerprint density at radius 2 is 1.90 bits per heavy atom. The van der Waals surface area contributed by atoms with Crippen molar-refractivity contribution in [2.75, 3.05) is 6.61 Å². The minimum atomic E-state index is -1.43. The minimum Gasteiger partial charge on any atom is -0.466 e. The summed E-state index contributed by atoms with van der Waals surface area (Å²) in [6.07, 6.45) is -0.864. The third kappa shape index (κ3) is 5.29. The summed E-state index contributed by atoms with van der Waals surface area (Å²) < 4.78 is 10.4. The summed E-state index contributed by atoms with van der Waals surface area (Å²) in [6, 6.07) is 4.99. The van der Waals surface area contributed by atoms with E-state index in [-0.39, 0.29) is 13.0 Å². The maximum Gasteiger partial charge on any atom is 0.308 e. The summed E-state index contributed by atoms with van der Waals surface area (Å²) in [5.74, 6) is -1.88. The second-order valence-electron chi connectivity index (χ2n) is 4.70. The molecule has 0 radical (unpaired) electrons. The zero-order chi connectivity index (χ0) is 15.3. The summed E-state index contributed by atoms with van der Waals surface area (Å²) in [6.45, 7) is 4.92. The van der Waals surface area contributed by atoms with E-state index in [9.17, 15) is 9.90 Å². The van der Waals surface area contributed by atoms with Crippen molar-refractivity contribution in [3.63, 3.8) is 0 Å². The van der Waals surface area contributed by atoms with Crippen molar-refractivity contribution in [3.05, 3.63) is 33.8 Å². The lowest BCUT2D eigenvalue weighted by Gasteiger charge is -2.27. The highest BCUT2D eigenvalue weighted by molar-refractivity contribution is 6.36. The Morgan fingerprint density at radius 1 is 1.35 bits per heavy atom. The third-order valence-corrected chi connectivity index (χ3v) is 3.07. The Hall–Kier alpha value is -0.810. The van der Waals surface area contributed by atoms with Crippen molar-refractivity contribution >= 4 is 29.2 Å². The van der Waals surface area contributed by atoms with Crippen LogP contribution in [0.2, 0.25) is 10.0 Å². The summed E-state index contributed by atoms with van der Waals surface area (Å²) in [5.41, 5.74) is 0.464. The average Bonchev–Trinajstić information content (AvgIpc) is 2.26. The van der Waals surface area contributed by atoms with E-state index in [4.69, 9.17) is 32.7 Å². The molecule has 0 amide bonds. The number of aliphatic hydroxyl groups is 1. The van der Waals surface area contributed by atoms with Gasteiger partial charge in [-0.3, -0.25) is 4.79 Å². The molecule has 0 unspecified atom stereocenters. The number of ether oxygens (including phenoxy) is 2. The molecule has 0 aromatic heterocycles. The molecule has 1 atom stereocenters. The minimum absolute atomic E-state index is 0.0821. The van der Waals surface area contributed by atoms with E-state index in [2.05, 4.69) is 0 Å². The number of hydrogen-bond donors (Lipinski definition) is 1. The van der Waals surface area contributed by atoms with E-state index >= 15 is 0 Å². The molecule has 1 aromatic rings. The van der Waals surface area contributed by atoms with Gasteiger partial charge in [-0.1, -0.05) is 29.3 Å². The first-order chi connectivity index (χ1) is 9.24. The van der Waals surface area contributed by atoms with E-state index in [1.165, 1.54) is 13.8 Å². The first-order valence-electron chi connectivity index (χ1n) is 6.24. The second kappa shape index (κ2) is 7.27. The number of rotatable bonds is 6. The lowest BCUT2D eigenvalue weighted by atomic mass is 10.1. The van der Waals surface area contributed by atoms with E-state index in [1.54, 1.807) is 25.1 Å². The highest BCUT2D eigenvalue weighted by atomic mass is 35.5. The number of esters is 1. The van der Waals surface area contributed by atoms with Crippen LogP contribution in [0, 0.1) is 0 Å². The number of benzene rings is 1. The van der Waals surface area contributed by atoms with E-state index in [0.29, 0.717) is 15.6 Å². The van der Waals surface area contributed by atoms with Crippen molar-refractivity contribution in [2.24, 2.45) is 0 Å². The van der Waals surface area contributed by atoms with Gasteiger partial charge in [0, 0.05) is 15.6 Å². The predicted molar refractivity (Wildman–Crippen MR) is 77.8 cm³/mol. The quantitative estimate of drug-likeness (QED) is 0.641. The second-order valence-corrected chi connectivity index (χ2v) is 5.51. The van der Waals surface area contributed by atoms with E-state index < -0.39 is 17.9 Å². The zero-order valence-corrected chi connectivity index (χ0v) is 13.2. The molecule has 0 spiro atoms. The fourth-order valence-electron chi connectivity index (χ4n) is 1.74. The first-order valence-corrected chi connectivity index (χ1v) is 7.00. The largest absolute Gasteiger partial charge is 0.466 e. The maximum absolute atomic E-state index is 11.7. The summed E-state index contributed by atoms with van der Waals surface area (Å²) in [4.78, 5) is 11.7. The summed E-state index contributed by atoms with van der Waals surface area (Å²) >= 11 is 12.2. The van der Waals surface area contributed by atoms with Gasteiger partial charge >= 0.3 is 5.97 Å². The van der Waals surface area contributed by atoms with Gasteiger partial charge in [-0.2, -0.15) is 0 Å². The molecule has 0 bridgehead atoms. The highest BCUT2D eigenvalue weighted by Gasteiger charge is 2.28. The Kier molecular flexibility index (Phi) is 6.27. The van der Waals surface area contributed by atoms with Crippen LogP contribution < -0.4 is 0 Å². The standard InChI is InChI=1S/C14H18Cl2O4/c1-4-19-12(17)8-11(20-14(2,3)18)13-9(15)6-5-7-10(13)16/h5-7,11,18H,4,8H2,1-3H3/t11-/m1/s1. The van der Waals surface area contributed by atoms with Crippen LogP contribution in [0.1, 0.15) is 38.9 Å². The van der Waals surface area contributed by atoms with Gasteiger partial charge in [-0.15, -0.1) is 0 Å². The van der Waals surface area contributed by atoms with Crippen LogP contribution in [0.3, 0.4) is 0 Å². The monoisotopic (exact) mass is 320 g/mol. The maximum atomic E-state index is 11.7. The van der Waals surface area contributed by atoms with Gasteiger partial charge in [0.05, 0.1) is 19.1 Å². The smallest absolute Gasteiger partial charge is 0.308 e. The topological polar surface area (TPSA) is 55.8 Å². The van der Waals surface area contributed by atoms with Gasteiger partial charge < -0.3 is 14.6 Å². The van der Waals surface area contributed by atoms with Crippen molar-refractivity contribution in [3.8, 4) is 0 Å². The SMILES string of the molecule is CCOC(=O)C[C@@H](OC(C)(C)O)c1c(Cl)cccc1Cl. The van der Waals surface area contributed by atoms with Crippen LogP contribution >= 0.6 is 23.2 Å². The molecule has 112 valence electrons. The fraction of sp³-hybridized carbons (Fsp3) is 0.500. The molecule has 1 N–H and O–H groups in total. The van der Waals surface area contributed by atoms with Crippen LogP contribution in [0.4, 0.5) is 0 Å². The van der Waals surface area contributed by atoms with Gasteiger partial charge in [0.25, 0.3) is 0 Å². The molecule has 20 heavy (non-hydrogen) atoms. The zero-order valence-electron chi connectivity index (χ0n) is 11.7. The molecule has 6 heteroatoms. The molecule has 0 aliphatic rings. The van der Waals surface area contributed by atoms with Crippen molar-refractivity contribution < 1.29 is 19.4 Å². The molecule has 1 rings (SSSR count). The normalized spacial score (nSPS) is 13.1. The lowest BCUT2D eigenvalue weighted by Crippen LogP contribution is -2.28. The fourth-order valence-corrected chi connectivity index (χ4v) is 2.38. The van der Waals surface area contributed by atoms with Crippen LogP contribution in [0.25, 0.3) is 0 Å². The van der Waals surface area contributed by atoms with Gasteiger partial charge in [-0.25, -0.2) is 0 Å². The van der Waals surface area contributed by atoms with Crippen LogP contribution in [0.5, 0.6) is 0 Å². The Bertz CT molecular complexity index is 448. The molecule has 0 heterocycles. The molecule has 0 fully saturated rings. The molecule has 4 nitrogen and oxygen atoms in total. The van der Waals surface area contributed by atoms with Gasteiger partial charge in [0.1, 0.15) is 0 Å². The predicted octanol–water partition coefficient (Wildman–Crippen LogP) is 3.73. The molecule has 0 saturated heterocycles. The number of carbonyl (C=O) groups is 1. The Balaban J connectivity index is 3.07. The molecule has 0 aliphatic heterocycles. The van der Waals surface area contributed by atoms with Crippen LogP contribution in [-0.4, -0.2) is 23.5 Å². The molecule has 0 aliphatic carbocycles. The van der Waals surface area contributed by atoms with Crippen molar-refractivity contribution in [2.45, 2.75) is 39.1 Å². The van der Waals surface area contributed by atoms with Gasteiger partial charge in [-0.05, 0) is 32.9 Å². The number of carbonyl (C=O) groups excluding carboxylic acids is 1. The highest BCUT2D eigenvalue weighted by Crippen LogP contribution is 2.36. The van der Waals surface area contributed by atoms with Crippen molar-refractivity contribution in [1.29, 1.82) is 0 Å². The molecule has 1 aromatic carbocycles. The number of hydrogen-bond acceptors (Lipinski definition) is 4. The average molecular weight is 321 g/mol. The molecular weight excluding hydrogens is 303 g/mol. The Morgan fingerprint density at radius 3 is 2.35 bits per heavy atom. The Labute approximate surface area is 128 Å². The van der Waals surface area contributed by atoms with Gasteiger partial charge in [0.2, 0.25) is 0 Å². The summed E-state index contributed by atoms with van der Waals surface area (Å²) in [7, 11) is 0. The van der Waals surface area contributed by atoms with Gasteiger partial charge in [0.15, 0.2) is 5.79 Å². The van der Waals surface area contributed by atoms with Crippen molar-refractivity contribution in [1.82, 2.24) is 0 Å². The van der Waals surface area contributed by atoms with Crippen LogP contribution in [0.15, 0.2) is 18.2 Å². The van der Waals surface area contributed by atoms with E-state index in [1.807, 2.05) is 0 Å². The van der Waals surface area contributed by atoms with Crippen LogP contribution in [-0.2, 0) is 14.3 Å². The third-order valence-electron chi connectivity index (χ3n) is 2.41. The molecule has 0 saturated carbocycles.